The molecule has 0 aliphatic rings. The van der Waals surface area contributed by atoms with Crippen LogP contribution >= 0.6 is 15.9 Å². The Labute approximate surface area is 250 Å². The molecule has 0 saturated heterocycles. The molecule has 3 aromatic carbocycles. The maximum absolute atomic E-state index is 14.1. The molecule has 0 radical (unpaired) electrons. The van der Waals surface area contributed by atoms with Gasteiger partial charge in [-0.3, -0.25) is 13.9 Å². The van der Waals surface area contributed by atoms with Crippen molar-refractivity contribution < 1.29 is 27.5 Å². The van der Waals surface area contributed by atoms with Crippen molar-refractivity contribution in [1.29, 1.82) is 0 Å². The number of hydrogen-bond donors (Lipinski definition) is 1. The number of sulfonamides is 1. The third-order valence-electron chi connectivity index (χ3n) is 6.69. The van der Waals surface area contributed by atoms with E-state index < -0.39 is 28.5 Å². The normalized spacial score (nSPS) is 12.6. The molecular weight excluding hydrogens is 610 g/mol. The Kier molecular flexibility index (Phi) is 11.2. The number of anilines is 1. The van der Waals surface area contributed by atoms with Gasteiger partial charge >= 0.3 is 0 Å². The maximum atomic E-state index is 14.1. The van der Waals surface area contributed by atoms with Crippen LogP contribution in [0.3, 0.4) is 0 Å². The van der Waals surface area contributed by atoms with Crippen LogP contribution in [0, 0.1) is 0 Å². The monoisotopic (exact) mass is 645 g/mol. The highest BCUT2D eigenvalue weighted by atomic mass is 79.9. The lowest BCUT2D eigenvalue weighted by Gasteiger charge is -2.32. The van der Waals surface area contributed by atoms with E-state index in [0.29, 0.717) is 5.75 Å². The molecule has 0 aromatic heterocycles. The summed E-state index contributed by atoms with van der Waals surface area (Å²) in [6, 6.07) is 18.9. The van der Waals surface area contributed by atoms with Gasteiger partial charge in [-0.2, -0.15) is 0 Å². The number of amides is 2. The highest BCUT2D eigenvalue weighted by Gasteiger charge is 2.34. The SMILES string of the molecule is CC[C@H](C)NC(=O)[C@H](C)N(Cc1cccc(Br)c1)C(=O)CN(c1ccccc1OC)S(=O)(=O)c1ccc(OC)cc1. The lowest BCUT2D eigenvalue weighted by Crippen LogP contribution is -2.52. The fourth-order valence-corrected chi connectivity index (χ4v) is 5.98. The van der Waals surface area contributed by atoms with E-state index in [1.54, 1.807) is 31.2 Å². The van der Waals surface area contributed by atoms with Gasteiger partial charge in [0.25, 0.3) is 10.0 Å². The van der Waals surface area contributed by atoms with Crippen molar-refractivity contribution in [2.75, 3.05) is 25.1 Å². The van der Waals surface area contributed by atoms with E-state index in [4.69, 9.17) is 9.47 Å². The van der Waals surface area contributed by atoms with Crippen LogP contribution in [-0.2, 0) is 26.2 Å². The summed E-state index contributed by atoms with van der Waals surface area (Å²) in [4.78, 5) is 28.6. The van der Waals surface area contributed by atoms with Crippen molar-refractivity contribution in [1.82, 2.24) is 10.2 Å². The third kappa shape index (κ3) is 8.01. The molecule has 9 nitrogen and oxygen atoms in total. The van der Waals surface area contributed by atoms with E-state index in [0.717, 1.165) is 20.8 Å². The van der Waals surface area contributed by atoms with Gasteiger partial charge in [-0.15, -0.1) is 0 Å². The predicted molar refractivity (Wildman–Crippen MR) is 163 cm³/mol. The highest BCUT2D eigenvalue weighted by molar-refractivity contribution is 9.10. The van der Waals surface area contributed by atoms with E-state index in [2.05, 4.69) is 21.2 Å². The van der Waals surface area contributed by atoms with Gasteiger partial charge in [0.1, 0.15) is 24.1 Å². The van der Waals surface area contributed by atoms with Gasteiger partial charge < -0.3 is 19.7 Å². The Balaban J connectivity index is 2.07. The lowest BCUT2D eigenvalue weighted by molar-refractivity contribution is -0.139. The molecule has 41 heavy (non-hydrogen) atoms. The lowest BCUT2D eigenvalue weighted by atomic mass is 10.1. The summed E-state index contributed by atoms with van der Waals surface area (Å²) in [5.41, 5.74) is 0.969. The zero-order chi connectivity index (χ0) is 30.2. The summed E-state index contributed by atoms with van der Waals surface area (Å²) < 4.78 is 40.5. The average molecular weight is 647 g/mol. The summed E-state index contributed by atoms with van der Waals surface area (Å²) in [7, 11) is -1.33. The van der Waals surface area contributed by atoms with Crippen LogP contribution in [0.4, 0.5) is 5.69 Å². The highest BCUT2D eigenvalue weighted by Crippen LogP contribution is 2.33. The molecule has 0 heterocycles. The number of benzene rings is 3. The largest absolute Gasteiger partial charge is 0.497 e. The molecule has 0 unspecified atom stereocenters. The second-order valence-electron chi connectivity index (χ2n) is 9.50. The second-order valence-corrected chi connectivity index (χ2v) is 12.3. The fraction of sp³-hybridized carbons (Fsp3) is 0.333. The molecule has 0 bridgehead atoms. The van der Waals surface area contributed by atoms with E-state index in [9.17, 15) is 18.0 Å². The van der Waals surface area contributed by atoms with Crippen LogP contribution in [0.15, 0.2) is 82.2 Å². The molecule has 0 aliphatic heterocycles. The van der Waals surface area contributed by atoms with Crippen LogP contribution < -0.4 is 19.1 Å². The Bertz CT molecular complexity index is 1450. The predicted octanol–water partition coefficient (Wildman–Crippen LogP) is 4.99. The zero-order valence-corrected chi connectivity index (χ0v) is 26.2. The van der Waals surface area contributed by atoms with Crippen LogP contribution in [0.5, 0.6) is 11.5 Å². The number of carbonyl (C=O) groups is 2. The summed E-state index contributed by atoms with van der Waals surface area (Å²) in [5, 5.41) is 2.93. The van der Waals surface area contributed by atoms with Crippen molar-refractivity contribution >= 4 is 43.5 Å². The van der Waals surface area contributed by atoms with Crippen LogP contribution in [0.2, 0.25) is 0 Å². The molecule has 0 fully saturated rings. The molecule has 1 N–H and O–H groups in total. The number of halogens is 1. The first-order chi connectivity index (χ1) is 19.5. The number of hydrogen-bond acceptors (Lipinski definition) is 6. The molecule has 2 atom stereocenters. The van der Waals surface area contributed by atoms with E-state index in [1.165, 1.54) is 43.4 Å². The number of ether oxygens (including phenoxy) is 2. The summed E-state index contributed by atoms with van der Waals surface area (Å²) in [6.07, 6.45) is 0.722. The van der Waals surface area contributed by atoms with E-state index in [1.807, 2.05) is 38.1 Å². The van der Waals surface area contributed by atoms with Crippen molar-refractivity contribution in [2.24, 2.45) is 0 Å². The standard InChI is InChI=1S/C30H36BrN3O6S/c1-6-21(2)32-30(36)22(3)33(19-23-10-9-11-24(31)18-23)29(35)20-34(27-12-7-8-13-28(27)40-5)41(37,38)26-16-14-25(39-4)15-17-26/h7-18,21-22H,6,19-20H2,1-5H3,(H,32,36)/t21-,22-/m0/s1. The number of rotatable bonds is 13. The summed E-state index contributed by atoms with van der Waals surface area (Å²) >= 11 is 3.45. The summed E-state index contributed by atoms with van der Waals surface area (Å²) in [6.45, 7) is 5.00. The van der Waals surface area contributed by atoms with Gasteiger partial charge in [0, 0.05) is 17.1 Å². The number of methoxy groups -OCH3 is 2. The van der Waals surface area contributed by atoms with Gasteiger partial charge in [-0.25, -0.2) is 8.42 Å². The first-order valence-corrected chi connectivity index (χ1v) is 15.4. The minimum Gasteiger partial charge on any atom is -0.497 e. The smallest absolute Gasteiger partial charge is 0.264 e. The van der Waals surface area contributed by atoms with Gasteiger partial charge in [-0.05, 0) is 74.4 Å². The average Bonchev–Trinajstić information content (AvgIpc) is 2.98. The molecule has 3 aromatic rings. The minimum atomic E-state index is -4.25. The molecule has 0 spiro atoms. The van der Waals surface area contributed by atoms with Crippen LogP contribution in [0.25, 0.3) is 0 Å². The minimum absolute atomic E-state index is 0.0295. The Hall–Kier alpha value is -3.57. The summed E-state index contributed by atoms with van der Waals surface area (Å²) in [5.74, 6) is -0.118. The van der Waals surface area contributed by atoms with Crippen LogP contribution in [0.1, 0.15) is 32.8 Å². The number of nitrogens with one attached hydrogen (secondary N) is 1. The number of nitrogens with zero attached hydrogens (tertiary/aromatic N) is 2. The zero-order valence-electron chi connectivity index (χ0n) is 23.8. The fourth-order valence-electron chi connectivity index (χ4n) is 4.10. The van der Waals surface area contributed by atoms with Gasteiger partial charge in [0.05, 0.1) is 24.8 Å². The van der Waals surface area contributed by atoms with Crippen molar-refractivity contribution in [3.05, 3.63) is 82.8 Å². The van der Waals surface area contributed by atoms with Gasteiger partial charge in [0.15, 0.2) is 0 Å². The van der Waals surface area contributed by atoms with Crippen molar-refractivity contribution in [3.8, 4) is 11.5 Å². The Morgan fingerprint density at radius 1 is 0.951 bits per heavy atom. The first-order valence-electron chi connectivity index (χ1n) is 13.2. The quantitative estimate of drug-likeness (QED) is 0.281. The maximum Gasteiger partial charge on any atom is 0.264 e. The van der Waals surface area contributed by atoms with Crippen molar-refractivity contribution in [2.45, 2.75) is 50.7 Å². The topological polar surface area (TPSA) is 105 Å². The van der Waals surface area contributed by atoms with E-state index >= 15 is 0 Å². The molecule has 3 rings (SSSR count). The first kappa shape index (κ1) is 32.0. The van der Waals surface area contributed by atoms with E-state index in [-0.39, 0.29) is 34.8 Å². The van der Waals surface area contributed by atoms with Gasteiger partial charge in [0.2, 0.25) is 11.8 Å². The molecule has 0 aliphatic carbocycles. The number of para-hydroxylation sites is 2. The van der Waals surface area contributed by atoms with Gasteiger partial charge in [-0.1, -0.05) is 47.1 Å². The molecule has 11 heteroatoms. The van der Waals surface area contributed by atoms with Crippen LogP contribution in [-0.4, -0.2) is 58.0 Å². The Morgan fingerprint density at radius 2 is 1.63 bits per heavy atom. The number of carbonyl (C=O) groups excluding carboxylic acids is 2. The molecule has 220 valence electrons. The molecular formula is C30H36BrN3O6S. The third-order valence-corrected chi connectivity index (χ3v) is 8.96. The molecule has 0 saturated carbocycles. The second kappa shape index (κ2) is 14.4. The van der Waals surface area contributed by atoms with Crippen molar-refractivity contribution in [3.63, 3.8) is 0 Å². The Morgan fingerprint density at radius 3 is 2.24 bits per heavy atom. The molecule has 2 amide bonds.